The van der Waals surface area contributed by atoms with Crippen LogP contribution < -0.4 is 30.2 Å². The van der Waals surface area contributed by atoms with Gasteiger partial charge in [-0.25, -0.2) is 9.97 Å². The van der Waals surface area contributed by atoms with E-state index in [1.165, 1.54) is 5.56 Å². The van der Waals surface area contributed by atoms with Crippen molar-refractivity contribution in [1.29, 1.82) is 0 Å². The first-order chi connectivity index (χ1) is 19.1. The van der Waals surface area contributed by atoms with Crippen molar-refractivity contribution in [2.75, 3.05) is 38.9 Å². The summed E-state index contributed by atoms with van der Waals surface area (Å²) < 4.78 is 16.6. The molecule has 2 atom stereocenters. The summed E-state index contributed by atoms with van der Waals surface area (Å²) in [5.74, 6) is 2.92. The first kappa shape index (κ1) is 25.3. The zero-order valence-electron chi connectivity index (χ0n) is 21.4. The number of nitrogens with one attached hydrogen (secondary N) is 4. The molecular formula is C28H29ClN6O4. The van der Waals surface area contributed by atoms with Gasteiger partial charge in [0.25, 0.3) is 5.91 Å². The van der Waals surface area contributed by atoms with E-state index in [-0.39, 0.29) is 25.3 Å². The number of H-pyrrole nitrogens is 1. The Morgan fingerprint density at radius 1 is 1.21 bits per heavy atom. The minimum absolute atomic E-state index is 0.0605. The number of hydrogen-bond acceptors (Lipinski definition) is 8. The van der Waals surface area contributed by atoms with Crippen molar-refractivity contribution in [3.05, 3.63) is 59.2 Å². The highest BCUT2D eigenvalue weighted by Crippen LogP contribution is 2.36. The Bertz CT molecular complexity index is 1510. The molecule has 2 unspecified atom stereocenters. The number of aromatic amines is 1. The minimum Gasteiger partial charge on any atom is -0.484 e. The zero-order valence-corrected chi connectivity index (χ0v) is 22.2. The van der Waals surface area contributed by atoms with Crippen LogP contribution in [0.4, 0.5) is 5.69 Å². The van der Waals surface area contributed by atoms with Gasteiger partial charge in [-0.05, 0) is 55.1 Å². The summed E-state index contributed by atoms with van der Waals surface area (Å²) in [4.78, 5) is 24.2. The van der Waals surface area contributed by atoms with E-state index in [9.17, 15) is 4.79 Å². The molecule has 4 aromatic rings. The number of pyridine rings is 1. The molecule has 0 bridgehead atoms. The largest absolute Gasteiger partial charge is 0.484 e. The van der Waals surface area contributed by atoms with Crippen LogP contribution in [0.1, 0.15) is 12.0 Å². The SMILES string of the molecule is CNC(=O)COc1cccc(-c2nc3c(NC4CCNCC4Cc4ccc5c(c4)OCO5)c(Cl)cnc3[nH]2)c1. The number of hydrogen-bond donors (Lipinski definition) is 4. The normalized spacial score (nSPS) is 18.2. The number of piperidine rings is 1. The number of carbonyl (C=O) groups excluding carboxylic acids is 1. The monoisotopic (exact) mass is 548 g/mol. The van der Waals surface area contributed by atoms with Crippen molar-refractivity contribution in [2.45, 2.75) is 18.9 Å². The summed E-state index contributed by atoms with van der Waals surface area (Å²) in [5, 5.41) is 10.3. The lowest BCUT2D eigenvalue weighted by atomic mass is 9.87. The van der Waals surface area contributed by atoms with E-state index >= 15 is 0 Å². The van der Waals surface area contributed by atoms with Crippen LogP contribution in [0, 0.1) is 5.92 Å². The van der Waals surface area contributed by atoms with Crippen LogP contribution in [0.5, 0.6) is 17.2 Å². The Hall–Kier alpha value is -4.02. The standard InChI is InChI=1S/C28H29ClN6O4/c1-30-24(36)14-37-19-4-2-3-17(11-19)27-34-26-25(20(29)13-32-28(26)35-27)33-21-7-8-31-12-18(21)9-16-5-6-22-23(10-16)39-15-38-22/h2-6,10-11,13,18,21,31H,7-9,12,14-15H2,1H3,(H,30,36)(H2,32,33,34,35). The number of aromatic nitrogens is 3. The highest BCUT2D eigenvalue weighted by Gasteiger charge is 2.28. The molecule has 2 aromatic carbocycles. The van der Waals surface area contributed by atoms with Crippen molar-refractivity contribution in [3.8, 4) is 28.6 Å². The number of imidazole rings is 1. The predicted octanol–water partition coefficient (Wildman–Crippen LogP) is 3.76. The average molecular weight is 549 g/mol. The zero-order chi connectivity index (χ0) is 26.8. The summed E-state index contributed by atoms with van der Waals surface area (Å²) in [6, 6.07) is 13.7. The van der Waals surface area contributed by atoms with Gasteiger partial charge in [-0.15, -0.1) is 0 Å². The van der Waals surface area contributed by atoms with Gasteiger partial charge >= 0.3 is 0 Å². The molecule has 2 aliphatic rings. The molecule has 1 saturated heterocycles. The van der Waals surface area contributed by atoms with Gasteiger partial charge in [-0.1, -0.05) is 29.8 Å². The summed E-state index contributed by atoms with van der Waals surface area (Å²) in [6.45, 7) is 2.00. The van der Waals surface area contributed by atoms with Gasteiger partial charge in [0.1, 0.15) is 17.1 Å². The summed E-state index contributed by atoms with van der Waals surface area (Å²) in [6.07, 6.45) is 3.46. The molecule has 0 radical (unpaired) electrons. The van der Waals surface area contributed by atoms with E-state index in [1.807, 2.05) is 24.3 Å². The first-order valence-electron chi connectivity index (χ1n) is 12.9. The molecule has 0 aliphatic carbocycles. The van der Waals surface area contributed by atoms with Crippen molar-refractivity contribution < 1.29 is 19.0 Å². The molecule has 4 N–H and O–H groups in total. The molecule has 39 heavy (non-hydrogen) atoms. The second-order valence-corrected chi connectivity index (χ2v) is 10.1. The molecule has 1 fully saturated rings. The number of nitrogens with zero attached hydrogens (tertiary/aromatic N) is 2. The molecule has 0 spiro atoms. The first-order valence-corrected chi connectivity index (χ1v) is 13.3. The minimum atomic E-state index is -0.201. The van der Waals surface area contributed by atoms with E-state index in [0.717, 1.165) is 48.7 Å². The van der Waals surface area contributed by atoms with Gasteiger partial charge in [0.2, 0.25) is 6.79 Å². The average Bonchev–Trinajstić information content (AvgIpc) is 3.61. The third-order valence-electron chi connectivity index (χ3n) is 7.10. The Labute approximate surface area is 230 Å². The number of carbonyl (C=O) groups is 1. The molecule has 2 aliphatic heterocycles. The molecule has 11 heteroatoms. The van der Waals surface area contributed by atoms with Crippen LogP contribution in [0.2, 0.25) is 5.02 Å². The summed E-state index contributed by atoms with van der Waals surface area (Å²) >= 11 is 6.68. The molecule has 4 heterocycles. The number of rotatable bonds is 8. The highest BCUT2D eigenvalue weighted by molar-refractivity contribution is 6.34. The van der Waals surface area contributed by atoms with Crippen LogP contribution in [-0.4, -0.2) is 60.4 Å². The predicted molar refractivity (Wildman–Crippen MR) is 149 cm³/mol. The van der Waals surface area contributed by atoms with E-state index in [2.05, 4.69) is 38.1 Å². The number of benzene rings is 2. The van der Waals surface area contributed by atoms with E-state index in [0.29, 0.717) is 33.7 Å². The maximum absolute atomic E-state index is 11.6. The van der Waals surface area contributed by atoms with Crippen LogP contribution in [0.25, 0.3) is 22.6 Å². The summed E-state index contributed by atoms with van der Waals surface area (Å²) in [7, 11) is 1.57. The van der Waals surface area contributed by atoms with Crippen LogP contribution in [0.3, 0.4) is 0 Å². The highest BCUT2D eigenvalue weighted by atomic mass is 35.5. The molecule has 6 rings (SSSR count). The maximum Gasteiger partial charge on any atom is 0.257 e. The maximum atomic E-state index is 11.6. The number of halogens is 1. The molecule has 0 saturated carbocycles. The number of likely N-dealkylation sites (N-methyl/N-ethyl adjacent to an activating group) is 1. The third-order valence-corrected chi connectivity index (χ3v) is 7.38. The van der Waals surface area contributed by atoms with Crippen molar-refractivity contribution in [1.82, 2.24) is 25.6 Å². The lowest BCUT2D eigenvalue weighted by Gasteiger charge is -2.34. The van der Waals surface area contributed by atoms with Gasteiger partial charge in [0.15, 0.2) is 23.8 Å². The van der Waals surface area contributed by atoms with E-state index in [1.54, 1.807) is 19.3 Å². The van der Waals surface area contributed by atoms with Crippen LogP contribution in [0.15, 0.2) is 48.7 Å². The van der Waals surface area contributed by atoms with Gasteiger partial charge < -0.3 is 35.1 Å². The van der Waals surface area contributed by atoms with Gasteiger partial charge in [-0.3, -0.25) is 4.79 Å². The fourth-order valence-electron chi connectivity index (χ4n) is 5.04. The lowest BCUT2D eigenvalue weighted by molar-refractivity contribution is -0.122. The molecule has 2 aromatic heterocycles. The van der Waals surface area contributed by atoms with E-state index in [4.69, 9.17) is 30.8 Å². The number of anilines is 1. The summed E-state index contributed by atoms with van der Waals surface area (Å²) in [5.41, 5.74) is 4.08. The molecular weight excluding hydrogens is 520 g/mol. The fraction of sp³-hybridized carbons (Fsp3) is 0.321. The second-order valence-electron chi connectivity index (χ2n) is 9.65. The smallest absolute Gasteiger partial charge is 0.257 e. The Morgan fingerprint density at radius 3 is 3.00 bits per heavy atom. The van der Waals surface area contributed by atoms with Crippen molar-refractivity contribution in [3.63, 3.8) is 0 Å². The number of amides is 1. The molecule has 1 amide bonds. The molecule has 202 valence electrons. The number of ether oxygens (including phenoxy) is 3. The van der Waals surface area contributed by atoms with Gasteiger partial charge in [0.05, 0.1) is 16.9 Å². The lowest BCUT2D eigenvalue weighted by Crippen LogP contribution is -2.45. The van der Waals surface area contributed by atoms with E-state index < -0.39 is 0 Å². The molecule has 10 nitrogen and oxygen atoms in total. The van der Waals surface area contributed by atoms with Gasteiger partial charge in [-0.2, -0.15) is 0 Å². The fourth-order valence-corrected chi connectivity index (χ4v) is 5.24. The number of fused-ring (bicyclic) bond motifs is 2. The quantitative estimate of drug-likeness (QED) is 0.262. The van der Waals surface area contributed by atoms with Crippen LogP contribution in [-0.2, 0) is 11.2 Å². The van der Waals surface area contributed by atoms with Gasteiger partial charge in [0, 0.05) is 25.2 Å². The van der Waals surface area contributed by atoms with Crippen LogP contribution >= 0.6 is 11.6 Å². The Morgan fingerprint density at radius 2 is 2.10 bits per heavy atom. The van der Waals surface area contributed by atoms with Crippen molar-refractivity contribution >= 4 is 34.4 Å². The second kappa shape index (κ2) is 11.0. The third kappa shape index (κ3) is 5.43. The Balaban J connectivity index is 1.24. The Kier molecular flexibility index (Phi) is 7.12. The van der Waals surface area contributed by atoms with Crippen molar-refractivity contribution in [2.24, 2.45) is 5.92 Å². The topological polar surface area (TPSA) is 122 Å².